The van der Waals surface area contributed by atoms with Crippen LogP contribution in [0.25, 0.3) is 0 Å². The Balaban J connectivity index is 1.27. The van der Waals surface area contributed by atoms with E-state index >= 15 is 0 Å². The van der Waals surface area contributed by atoms with Gasteiger partial charge in [0.1, 0.15) is 0 Å². The fourth-order valence-electron chi connectivity index (χ4n) is 5.03. The third kappa shape index (κ3) is 3.80. The van der Waals surface area contributed by atoms with Crippen LogP contribution in [-0.4, -0.2) is 33.0 Å². The number of rotatable bonds is 6. The SMILES string of the molecule is Cc1ccc(C)n1CCCCCC(=O)N1C[C@H]2C[C@@H](C1)c1cccc(=O)n1C2. The summed E-state index contributed by atoms with van der Waals surface area (Å²) in [5.41, 5.74) is 3.83. The van der Waals surface area contributed by atoms with Crippen molar-refractivity contribution < 1.29 is 4.79 Å². The second-order valence-electron chi connectivity index (χ2n) is 8.58. The number of pyridine rings is 1. The summed E-state index contributed by atoms with van der Waals surface area (Å²) in [6.45, 7) is 7.66. The van der Waals surface area contributed by atoms with Crippen molar-refractivity contribution in [2.75, 3.05) is 13.1 Å². The van der Waals surface area contributed by atoms with E-state index in [0.29, 0.717) is 18.3 Å². The number of piperidine rings is 1. The van der Waals surface area contributed by atoms with Crippen molar-refractivity contribution in [2.24, 2.45) is 5.92 Å². The number of aromatic nitrogens is 2. The van der Waals surface area contributed by atoms with Crippen LogP contribution in [-0.2, 0) is 17.9 Å². The van der Waals surface area contributed by atoms with Crippen molar-refractivity contribution in [1.82, 2.24) is 14.0 Å². The van der Waals surface area contributed by atoms with E-state index < -0.39 is 0 Å². The molecule has 1 fully saturated rings. The molecule has 0 unspecified atom stereocenters. The monoisotopic (exact) mass is 381 g/mol. The maximum atomic E-state index is 12.8. The largest absolute Gasteiger partial charge is 0.349 e. The number of hydrogen-bond donors (Lipinski definition) is 0. The molecule has 2 bridgehead atoms. The molecule has 5 heteroatoms. The van der Waals surface area contributed by atoms with Gasteiger partial charge in [0.25, 0.3) is 5.56 Å². The molecule has 1 saturated heterocycles. The van der Waals surface area contributed by atoms with E-state index in [1.807, 2.05) is 10.6 Å². The first-order valence-corrected chi connectivity index (χ1v) is 10.6. The molecule has 1 amide bonds. The Labute approximate surface area is 167 Å². The van der Waals surface area contributed by atoms with E-state index in [1.54, 1.807) is 6.07 Å². The van der Waals surface area contributed by atoms with E-state index in [-0.39, 0.29) is 11.5 Å². The molecule has 0 saturated carbocycles. The number of likely N-dealkylation sites (tertiary alicyclic amines) is 1. The van der Waals surface area contributed by atoms with Crippen LogP contribution in [0.4, 0.5) is 0 Å². The molecule has 150 valence electrons. The number of fused-ring (bicyclic) bond motifs is 4. The highest BCUT2D eigenvalue weighted by atomic mass is 16.2. The lowest BCUT2D eigenvalue weighted by Gasteiger charge is -2.42. The molecule has 0 N–H and O–H groups in total. The van der Waals surface area contributed by atoms with Crippen LogP contribution >= 0.6 is 0 Å². The van der Waals surface area contributed by atoms with Crippen LogP contribution in [0.15, 0.2) is 35.1 Å². The average molecular weight is 382 g/mol. The first-order chi connectivity index (χ1) is 13.5. The Hall–Kier alpha value is -2.30. The summed E-state index contributed by atoms with van der Waals surface area (Å²) in [5, 5.41) is 0. The summed E-state index contributed by atoms with van der Waals surface area (Å²) < 4.78 is 4.28. The molecule has 0 aliphatic carbocycles. The van der Waals surface area contributed by atoms with Crippen LogP contribution in [0.1, 0.15) is 55.1 Å². The second kappa shape index (κ2) is 7.98. The Morgan fingerprint density at radius 3 is 2.57 bits per heavy atom. The minimum absolute atomic E-state index is 0.0974. The molecule has 0 radical (unpaired) electrons. The number of carbonyl (C=O) groups excluding carboxylic acids is 1. The predicted octanol–water partition coefficient (Wildman–Crippen LogP) is 3.47. The van der Waals surface area contributed by atoms with Gasteiger partial charge >= 0.3 is 0 Å². The van der Waals surface area contributed by atoms with Gasteiger partial charge in [-0.25, -0.2) is 0 Å². The molecule has 4 rings (SSSR count). The number of amides is 1. The van der Waals surface area contributed by atoms with E-state index in [4.69, 9.17) is 0 Å². The van der Waals surface area contributed by atoms with E-state index in [1.165, 1.54) is 11.4 Å². The molecule has 2 aliphatic rings. The molecule has 0 spiro atoms. The lowest BCUT2D eigenvalue weighted by molar-refractivity contribution is -0.134. The first kappa shape index (κ1) is 19.0. The van der Waals surface area contributed by atoms with Crippen molar-refractivity contribution in [1.29, 1.82) is 0 Å². The molecule has 2 aromatic rings. The summed E-state index contributed by atoms with van der Waals surface area (Å²) >= 11 is 0. The van der Waals surface area contributed by atoms with Crippen molar-refractivity contribution >= 4 is 5.91 Å². The number of aryl methyl sites for hydroxylation is 2. The van der Waals surface area contributed by atoms with Crippen LogP contribution in [0.2, 0.25) is 0 Å². The number of nitrogens with zero attached hydrogens (tertiary/aromatic N) is 3. The maximum absolute atomic E-state index is 12.8. The molecule has 28 heavy (non-hydrogen) atoms. The van der Waals surface area contributed by atoms with Crippen molar-refractivity contribution in [3.63, 3.8) is 0 Å². The number of carbonyl (C=O) groups is 1. The van der Waals surface area contributed by atoms with Crippen molar-refractivity contribution in [3.05, 3.63) is 57.8 Å². The van der Waals surface area contributed by atoms with Gasteiger partial charge < -0.3 is 14.0 Å². The maximum Gasteiger partial charge on any atom is 0.250 e. The van der Waals surface area contributed by atoms with Crippen LogP contribution in [0.5, 0.6) is 0 Å². The van der Waals surface area contributed by atoms with Gasteiger partial charge in [-0.1, -0.05) is 12.5 Å². The highest BCUT2D eigenvalue weighted by Crippen LogP contribution is 2.35. The normalized spacial score (nSPS) is 20.9. The predicted molar refractivity (Wildman–Crippen MR) is 111 cm³/mol. The standard InChI is InChI=1S/C23H31N3O2/c1-17-10-11-18(2)25(17)12-5-3-4-8-22(27)24-14-19-13-20(16-24)21-7-6-9-23(28)26(21)15-19/h6-7,9-11,19-20H,3-5,8,12-16H2,1-2H3/t19-,20+/m1/s1. The van der Waals surface area contributed by atoms with Crippen LogP contribution in [0, 0.1) is 19.8 Å². The summed E-state index contributed by atoms with van der Waals surface area (Å²) in [6, 6.07) is 9.88. The Kier molecular flexibility index (Phi) is 5.42. The molecular formula is C23H31N3O2. The van der Waals surface area contributed by atoms with E-state index in [2.05, 4.69) is 41.5 Å². The molecule has 0 aromatic carbocycles. The fourth-order valence-corrected chi connectivity index (χ4v) is 5.03. The topological polar surface area (TPSA) is 47.2 Å². The van der Waals surface area contributed by atoms with Gasteiger partial charge in [-0.2, -0.15) is 0 Å². The summed E-state index contributed by atoms with van der Waals surface area (Å²) in [7, 11) is 0. The molecule has 2 aromatic heterocycles. The number of unbranched alkanes of at least 4 members (excludes halogenated alkanes) is 2. The molecule has 5 nitrogen and oxygen atoms in total. The van der Waals surface area contributed by atoms with E-state index in [9.17, 15) is 9.59 Å². The van der Waals surface area contributed by atoms with Crippen LogP contribution < -0.4 is 5.56 Å². The lowest BCUT2D eigenvalue weighted by atomic mass is 9.83. The van der Waals surface area contributed by atoms with Gasteiger partial charge in [0.2, 0.25) is 5.91 Å². The minimum Gasteiger partial charge on any atom is -0.349 e. The van der Waals surface area contributed by atoms with Crippen molar-refractivity contribution in [3.8, 4) is 0 Å². The third-order valence-electron chi connectivity index (χ3n) is 6.52. The zero-order chi connectivity index (χ0) is 19.7. The van der Waals surface area contributed by atoms with Crippen molar-refractivity contribution in [2.45, 2.75) is 65.0 Å². The highest BCUT2D eigenvalue weighted by molar-refractivity contribution is 5.76. The Bertz CT molecular complexity index is 891. The third-order valence-corrected chi connectivity index (χ3v) is 6.52. The summed E-state index contributed by atoms with van der Waals surface area (Å²) in [6.07, 6.45) is 4.90. The summed E-state index contributed by atoms with van der Waals surface area (Å²) in [4.78, 5) is 26.9. The van der Waals surface area contributed by atoms with Gasteiger partial charge in [-0.05, 0) is 57.2 Å². The molecule has 2 aliphatic heterocycles. The zero-order valence-electron chi connectivity index (χ0n) is 17.1. The zero-order valence-corrected chi connectivity index (χ0v) is 17.1. The number of hydrogen-bond acceptors (Lipinski definition) is 2. The molecule has 4 heterocycles. The fraction of sp³-hybridized carbons (Fsp3) is 0.565. The van der Waals surface area contributed by atoms with Gasteiger partial charge in [-0.3, -0.25) is 9.59 Å². The first-order valence-electron chi connectivity index (χ1n) is 10.6. The van der Waals surface area contributed by atoms with Gasteiger partial charge in [0.05, 0.1) is 0 Å². The van der Waals surface area contributed by atoms with Gasteiger partial charge in [0, 0.05) is 61.7 Å². The van der Waals surface area contributed by atoms with Crippen LogP contribution in [0.3, 0.4) is 0 Å². The summed E-state index contributed by atoms with van der Waals surface area (Å²) in [5.74, 6) is 1.01. The Morgan fingerprint density at radius 2 is 1.79 bits per heavy atom. The minimum atomic E-state index is 0.0974. The lowest BCUT2D eigenvalue weighted by Crippen LogP contribution is -2.49. The average Bonchev–Trinajstić information content (AvgIpc) is 3.00. The quantitative estimate of drug-likeness (QED) is 0.720. The molecular weight excluding hydrogens is 350 g/mol. The smallest absolute Gasteiger partial charge is 0.250 e. The Morgan fingerprint density at radius 1 is 1.00 bits per heavy atom. The highest BCUT2D eigenvalue weighted by Gasteiger charge is 2.35. The molecule has 2 atom stereocenters. The second-order valence-corrected chi connectivity index (χ2v) is 8.58. The van der Waals surface area contributed by atoms with E-state index in [0.717, 1.165) is 57.6 Å². The van der Waals surface area contributed by atoms with Gasteiger partial charge in [-0.15, -0.1) is 0 Å². The van der Waals surface area contributed by atoms with Gasteiger partial charge in [0.15, 0.2) is 0 Å².